The van der Waals surface area contributed by atoms with Gasteiger partial charge in [0.15, 0.2) is 0 Å². The number of hydrogen-bond donors (Lipinski definition) is 1. The fourth-order valence-corrected chi connectivity index (χ4v) is 3.46. The average molecular weight is 507 g/mol. The molecule has 3 aromatic carbocycles. The number of carbonyl (C=O) groups excluding carboxylic acids is 1. The monoisotopic (exact) mass is 505 g/mol. The van der Waals surface area contributed by atoms with E-state index in [1.165, 1.54) is 6.08 Å². The van der Waals surface area contributed by atoms with Crippen LogP contribution in [0.2, 0.25) is 5.02 Å². The van der Waals surface area contributed by atoms with E-state index in [2.05, 4.69) is 27.3 Å². The summed E-state index contributed by atoms with van der Waals surface area (Å²) < 4.78 is 6.68. The number of hydrogen-bond acceptors (Lipinski definition) is 4. The number of rotatable bonds is 6. The molecular formula is C25H17BrClN3O2. The summed E-state index contributed by atoms with van der Waals surface area (Å²) in [5.74, 6) is -0.0842. The maximum absolute atomic E-state index is 12.7. The molecule has 0 radical (unpaired) electrons. The Bertz CT molecular complexity index is 1290. The van der Waals surface area contributed by atoms with Crippen molar-refractivity contribution in [2.24, 2.45) is 0 Å². The molecule has 0 saturated heterocycles. The summed E-state index contributed by atoms with van der Waals surface area (Å²) in [5, 5.41) is 22.1. The molecule has 3 rings (SSSR count). The minimum atomic E-state index is -0.557. The van der Waals surface area contributed by atoms with Crippen LogP contribution in [0.1, 0.15) is 22.3 Å². The highest BCUT2D eigenvalue weighted by molar-refractivity contribution is 9.10. The molecule has 7 heteroatoms. The van der Waals surface area contributed by atoms with Crippen LogP contribution in [0.3, 0.4) is 0 Å². The van der Waals surface area contributed by atoms with Crippen LogP contribution in [0.4, 0.5) is 5.69 Å². The van der Waals surface area contributed by atoms with Gasteiger partial charge in [-0.25, -0.2) is 0 Å². The van der Waals surface area contributed by atoms with Gasteiger partial charge in [-0.3, -0.25) is 4.79 Å². The van der Waals surface area contributed by atoms with Crippen LogP contribution in [0, 0.1) is 29.6 Å². The predicted octanol–water partition coefficient (Wildman–Crippen LogP) is 6.41. The summed E-state index contributed by atoms with van der Waals surface area (Å²) in [6.45, 7) is 1.95. The Morgan fingerprint density at radius 1 is 1.16 bits per heavy atom. The number of halogens is 2. The number of nitrogens with one attached hydrogen (secondary N) is 1. The number of amides is 1. The minimum Gasteiger partial charge on any atom is -0.488 e. The average Bonchev–Trinajstić information content (AvgIpc) is 2.80. The van der Waals surface area contributed by atoms with Crippen molar-refractivity contribution in [2.75, 3.05) is 5.32 Å². The van der Waals surface area contributed by atoms with Gasteiger partial charge < -0.3 is 10.1 Å². The van der Waals surface area contributed by atoms with E-state index in [9.17, 15) is 15.3 Å². The van der Waals surface area contributed by atoms with Gasteiger partial charge in [0.25, 0.3) is 5.91 Å². The first kappa shape index (κ1) is 23.1. The third-order valence-corrected chi connectivity index (χ3v) is 5.58. The Morgan fingerprint density at radius 2 is 1.94 bits per heavy atom. The van der Waals surface area contributed by atoms with Crippen LogP contribution in [0.5, 0.6) is 5.75 Å². The highest BCUT2D eigenvalue weighted by Crippen LogP contribution is 2.28. The van der Waals surface area contributed by atoms with Crippen molar-refractivity contribution < 1.29 is 9.53 Å². The molecular weight excluding hydrogens is 490 g/mol. The van der Waals surface area contributed by atoms with Crippen molar-refractivity contribution in [1.82, 2.24) is 0 Å². The Hall–Kier alpha value is -3.58. The number of benzene rings is 3. The van der Waals surface area contributed by atoms with Gasteiger partial charge in [0.05, 0.1) is 11.6 Å². The fraction of sp³-hybridized carbons (Fsp3) is 0.0800. The number of nitrogens with zero attached hydrogens (tertiary/aromatic N) is 2. The van der Waals surface area contributed by atoms with Crippen molar-refractivity contribution in [3.05, 3.63) is 98.0 Å². The molecule has 0 aliphatic carbocycles. The lowest BCUT2D eigenvalue weighted by Gasteiger charge is -2.12. The van der Waals surface area contributed by atoms with Crippen molar-refractivity contribution in [3.63, 3.8) is 0 Å². The molecule has 0 heterocycles. The fourth-order valence-electron chi connectivity index (χ4n) is 2.91. The summed E-state index contributed by atoms with van der Waals surface area (Å²) in [6.07, 6.45) is 1.46. The lowest BCUT2D eigenvalue weighted by Crippen LogP contribution is -2.14. The van der Waals surface area contributed by atoms with Gasteiger partial charge in [-0.05, 0) is 55.0 Å². The van der Waals surface area contributed by atoms with Gasteiger partial charge in [0.2, 0.25) is 0 Å². The van der Waals surface area contributed by atoms with Gasteiger partial charge in [0.1, 0.15) is 24.0 Å². The van der Waals surface area contributed by atoms with E-state index >= 15 is 0 Å². The van der Waals surface area contributed by atoms with Crippen LogP contribution in [-0.4, -0.2) is 5.91 Å². The van der Waals surface area contributed by atoms with Crippen LogP contribution in [0.15, 0.2) is 70.7 Å². The summed E-state index contributed by atoms with van der Waals surface area (Å²) in [4.78, 5) is 12.7. The van der Waals surface area contributed by atoms with E-state index in [1.807, 2.05) is 18.2 Å². The highest BCUT2D eigenvalue weighted by Gasteiger charge is 2.14. The lowest BCUT2D eigenvalue weighted by molar-refractivity contribution is -0.112. The molecule has 1 amide bonds. The quantitative estimate of drug-likeness (QED) is 0.309. The molecule has 32 heavy (non-hydrogen) atoms. The molecule has 0 aliphatic rings. The van der Waals surface area contributed by atoms with Gasteiger partial charge in [-0.15, -0.1) is 0 Å². The summed E-state index contributed by atoms with van der Waals surface area (Å²) in [6, 6.07) is 21.7. The van der Waals surface area contributed by atoms with Crippen molar-refractivity contribution in [2.45, 2.75) is 13.5 Å². The maximum atomic E-state index is 12.7. The zero-order chi connectivity index (χ0) is 23.1. The van der Waals surface area contributed by atoms with Gasteiger partial charge in [0, 0.05) is 26.3 Å². The van der Waals surface area contributed by atoms with E-state index in [4.69, 9.17) is 16.3 Å². The molecule has 0 aliphatic heterocycles. The summed E-state index contributed by atoms with van der Waals surface area (Å²) >= 11 is 9.52. The standard InChI is InChI=1S/C25H17BrClN3O2/c1-16-22(27)7-4-8-23(16)30-25(31)20(14-29)11-19-12-21(26)9-10-24(19)32-15-18-6-3-2-5-17(18)13-28/h2-12H,15H2,1H3,(H,30,31)/b20-11-. The molecule has 0 unspecified atom stereocenters. The normalized spacial score (nSPS) is 10.7. The largest absolute Gasteiger partial charge is 0.488 e. The first-order valence-electron chi connectivity index (χ1n) is 9.51. The van der Waals surface area contributed by atoms with E-state index in [0.717, 1.165) is 10.0 Å². The van der Waals surface area contributed by atoms with Crippen molar-refractivity contribution in [3.8, 4) is 17.9 Å². The van der Waals surface area contributed by atoms with Gasteiger partial charge >= 0.3 is 0 Å². The molecule has 158 valence electrons. The van der Waals surface area contributed by atoms with E-state index in [-0.39, 0.29) is 12.2 Å². The molecule has 5 nitrogen and oxygen atoms in total. The number of ether oxygens (including phenoxy) is 1. The molecule has 3 aromatic rings. The molecule has 0 spiro atoms. The first-order chi connectivity index (χ1) is 15.4. The van der Waals surface area contributed by atoms with Crippen molar-refractivity contribution in [1.29, 1.82) is 10.5 Å². The topological polar surface area (TPSA) is 85.9 Å². The Labute approximate surface area is 199 Å². The molecule has 0 aromatic heterocycles. The summed E-state index contributed by atoms with van der Waals surface area (Å²) in [5.41, 5.74) is 2.95. The second-order valence-corrected chi connectivity index (χ2v) is 8.10. The van der Waals surface area contributed by atoms with Crippen LogP contribution < -0.4 is 10.1 Å². The van der Waals surface area contributed by atoms with Gasteiger partial charge in [-0.2, -0.15) is 10.5 Å². The van der Waals surface area contributed by atoms with E-state index in [0.29, 0.717) is 33.1 Å². The Balaban J connectivity index is 1.88. The molecule has 1 N–H and O–H groups in total. The first-order valence-corrected chi connectivity index (χ1v) is 10.7. The van der Waals surface area contributed by atoms with Crippen LogP contribution in [-0.2, 0) is 11.4 Å². The van der Waals surface area contributed by atoms with E-state index < -0.39 is 5.91 Å². The number of anilines is 1. The maximum Gasteiger partial charge on any atom is 0.266 e. The van der Waals surface area contributed by atoms with E-state index in [1.54, 1.807) is 55.5 Å². The SMILES string of the molecule is Cc1c(Cl)cccc1NC(=O)/C(C#N)=C\c1cc(Br)ccc1OCc1ccccc1C#N. The second-order valence-electron chi connectivity index (χ2n) is 6.78. The lowest BCUT2D eigenvalue weighted by atomic mass is 10.1. The van der Waals surface area contributed by atoms with Crippen LogP contribution in [0.25, 0.3) is 6.08 Å². The molecule has 0 bridgehead atoms. The smallest absolute Gasteiger partial charge is 0.266 e. The second kappa shape index (κ2) is 10.6. The summed E-state index contributed by atoms with van der Waals surface area (Å²) in [7, 11) is 0. The Kier molecular flexibility index (Phi) is 7.68. The highest BCUT2D eigenvalue weighted by atomic mass is 79.9. The van der Waals surface area contributed by atoms with Crippen LogP contribution >= 0.6 is 27.5 Å². The Morgan fingerprint density at radius 3 is 2.69 bits per heavy atom. The molecule has 0 atom stereocenters. The number of carbonyl (C=O) groups is 1. The minimum absolute atomic E-state index is 0.0928. The zero-order valence-corrected chi connectivity index (χ0v) is 19.4. The molecule has 0 saturated carbocycles. The van der Waals surface area contributed by atoms with Gasteiger partial charge in [-0.1, -0.05) is 51.8 Å². The number of nitriles is 2. The zero-order valence-electron chi connectivity index (χ0n) is 17.0. The third-order valence-electron chi connectivity index (χ3n) is 4.67. The third kappa shape index (κ3) is 5.56. The van der Waals surface area contributed by atoms with Crippen molar-refractivity contribution >= 4 is 45.2 Å². The molecule has 0 fully saturated rings. The predicted molar refractivity (Wildman–Crippen MR) is 128 cm³/mol.